The van der Waals surface area contributed by atoms with E-state index >= 15 is 0 Å². The number of hydrogen-bond donors (Lipinski definition) is 2. The quantitative estimate of drug-likeness (QED) is 0.895. The van der Waals surface area contributed by atoms with Gasteiger partial charge in [-0.05, 0) is 18.1 Å². The second-order valence-corrected chi connectivity index (χ2v) is 4.91. The zero-order valence-electron chi connectivity index (χ0n) is 11.5. The molecule has 0 amide bonds. The largest absolute Gasteiger partial charge is 0.478 e. The van der Waals surface area contributed by atoms with Crippen molar-refractivity contribution >= 4 is 5.97 Å². The summed E-state index contributed by atoms with van der Waals surface area (Å²) in [4.78, 5) is 12.1. The van der Waals surface area contributed by atoms with Gasteiger partial charge in [0.05, 0.1) is 5.57 Å². The van der Waals surface area contributed by atoms with E-state index < -0.39 is 23.8 Å². The predicted molar refractivity (Wildman–Crippen MR) is 74.7 cm³/mol. The summed E-state index contributed by atoms with van der Waals surface area (Å²) < 4.78 is 39.8. The summed E-state index contributed by atoms with van der Waals surface area (Å²) >= 11 is 0. The first-order valence-electron chi connectivity index (χ1n) is 6.58. The normalized spacial score (nSPS) is 18.7. The highest BCUT2D eigenvalue weighted by molar-refractivity contribution is 5.90. The van der Waals surface area contributed by atoms with Gasteiger partial charge in [0.25, 0.3) is 0 Å². The molecule has 1 aliphatic heterocycles. The molecule has 2 rings (SSSR count). The van der Waals surface area contributed by atoms with Crippen LogP contribution in [0.15, 0.2) is 53.9 Å². The fourth-order valence-corrected chi connectivity index (χ4v) is 2.37. The molecule has 3 N–H and O–H groups in total. The number of nitrogens with zero attached hydrogens (tertiary/aromatic N) is 1. The number of alkyl halides is 3. The molecule has 4 nitrogen and oxygen atoms in total. The smallest absolute Gasteiger partial charge is 0.413 e. The van der Waals surface area contributed by atoms with Crippen LogP contribution < -0.4 is 5.73 Å². The molecule has 1 unspecified atom stereocenters. The highest BCUT2D eigenvalue weighted by Gasteiger charge is 2.49. The Bertz CT molecular complexity index is 609. The molecule has 0 bridgehead atoms. The van der Waals surface area contributed by atoms with E-state index in [0.717, 1.165) is 10.5 Å². The minimum Gasteiger partial charge on any atom is -0.478 e. The molecule has 0 radical (unpaired) electrons. The Balaban J connectivity index is 2.23. The monoisotopic (exact) mass is 312 g/mol. The van der Waals surface area contributed by atoms with E-state index in [0.29, 0.717) is 6.42 Å². The van der Waals surface area contributed by atoms with Crippen molar-refractivity contribution in [1.82, 2.24) is 4.90 Å². The van der Waals surface area contributed by atoms with Crippen LogP contribution in [0.25, 0.3) is 0 Å². The Kier molecular flexibility index (Phi) is 4.44. The Morgan fingerprint density at radius 1 is 1.27 bits per heavy atom. The SMILES string of the molecule is NC1=C(C(=O)O)C(C(F)(F)F)N(CCc2ccccc2)C=C1. The highest BCUT2D eigenvalue weighted by Crippen LogP contribution is 2.34. The van der Waals surface area contributed by atoms with Crippen LogP contribution in [0, 0.1) is 0 Å². The van der Waals surface area contributed by atoms with Crippen molar-refractivity contribution in [2.45, 2.75) is 18.6 Å². The molecular weight excluding hydrogens is 297 g/mol. The highest BCUT2D eigenvalue weighted by atomic mass is 19.4. The van der Waals surface area contributed by atoms with Crippen molar-refractivity contribution in [3.8, 4) is 0 Å². The molecule has 1 heterocycles. The van der Waals surface area contributed by atoms with Crippen molar-refractivity contribution in [2.24, 2.45) is 5.73 Å². The van der Waals surface area contributed by atoms with Crippen LogP contribution in [0.2, 0.25) is 0 Å². The first-order chi connectivity index (χ1) is 10.3. The van der Waals surface area contributed by atoms with E-state index in [-0.39, 0.29) is 12.2 Å². The van der Waals surface area contributed by atoms with E-state index in [2.05, 4.69) is 0 Å². The van der Waals surface area contributed by atoms with Crippen molar-refractivity contribution in [2.75, 3.05) is 6.54 Å². The Hall–Kier alpha value is -2.44. The first-order valence-corrected chi connectivity index (χ1v) is 6.58. The van der Waals surface area contributed by atoms with Gasteiger partial charge < -0.3 is 15.7 Å². The summed E-state index contributed by atoms with van der Waals surface area (Å²) in [5.41, 5.74) is 5.09. The Morgan fingerprint density at radius 3 is 2.45 bits per heavy atom. The molecule has 1 aromatic rings. The lowest BCUT2D eigenvalue weighted by molar-refractivity contribution is -0.172. The van der Waals surface area contributed by atoms with E-state index in [9.17, 15) is 18.0 Å². The number of allylic oxidation sites excluding steroid dienone is 1. The standard InChI is InChI=1S/C15H15F3N2O2/c16-15(17,18)13-12(14(21)22)11(19)7-9-20(13)8-6-10-4-2-1-3-5-10/h1-5,7,9,13H,6,8,19H2,(H,21,22). The van der Waals surface area contributed by atoms with Gasteiger partial charge >= 0.3 is 12.1 Å². The summed E-state index contributed by atoms with van der Waals surface area (Å²) in [6.45, 7) is 0.0365. The minimum absolute atomic E-state index is 0.0365. The molecule has 0 saturated carbocycles. The zero-order chi connectivity index (χ0) is 16.3. The third kappa shape index (κ3) is 3.41. The van der Waals surface area contributed by atoms with Gasteiger partial charge in [-0.3, -0.25) is 0 Å². The molecule has 118 valence electrons. The number of benzene rings is 1. The Labute approximate surface area is 125 Å². The summed E-state index contributed by atoms with van der Waals surface area (Å²) in [7, 11) is 0. The maximum absolute atomic E-state index is 13.3. The number of carboxylic acids is 1. The maximum atomic E-state index is 13.3. The van der Waals surface area contributed by atoms with Gasteiger partial charge in [-0.2, -0.15) is 13.2 Å². The second kappa shape index (κ2) is 6.13. The van der Waals surface area contributed by atoms with Gasteiger partial charge in [0.2, 0.25) is 0 Å². The first kappa shape index (κ1) is 15.9. The number of halogens is 3. The number of rotatable bonds is 4. The lowest BCUT2D eigenvalue weighted by Gasteiger charge is -2.35. The van der Waals surface area contributed by atoms with Crippen LogP contribution in [0.3, 0.4) is 0 Å². The zero-order valence-corrected chi connectivity index (χ0v) is 11.5. The summed E-state index contributed by atoms with van der Waals surface area (Å²) in [5, 5.41) is 9.05. The van der Waals surface area contributed by atoms with E-state index in [4.69, 9.17) is 10.8 Å². The fourth-order valence-electron chi connectivity index (χ4n) is 2.37. The van der Waals surface area contributed by atoms with Crippen molar-refractivity contribution in [1.29, 1.82) is 0 Å². The van der Waals surface area contributed by atoms with Crippen LogP contribution in [-0.2, 0) is 11.2 Å². The molecule has 22 heavy (non-hydrogen) atoms. The average molecular weight is 312 g/mol. The molecule has 1 atom stereocenters. The third-order valence-electron chi connectivity index (χ3n) is 3.40. The number of carbonyl (C=O) groups is 1. The van der Waals surface area contributed by atoms with Crippen molar-refractivity contribution < 1.29 is 23.1 Å². The van der Waals surface area contributed by atoms with Gasteiger partial charge in [-0.25, -0.2) is 4.79 Å². The van der Waals surface area contributed by atoms with Crippen LogP contribution in [0.1, 0.15) is 5.56 Å². The third-order valence-corrected chi connectivity index (χ3v) is 3.40. The van der Waals surface area contributed by atoms with Crippen LogP contribution in [0.4, 0.5) is 13.2 Å². The van der Waals surface area contributed by atoms with Crippen LogP contribution in [-0.4, -0.2) is 34.7 Å². The summed E-state index contributed by atoms with van der Waals surface area (Å²) in [5.74, 6) is -1.66. The van der Waals surface area contributed by atoms with E-state index in [1.165, 1.54) is 12.3 Å². The Morgan fingerprint density at radius 2 is 1.91 bits per heavy atom. The molecule has 7 heteroatoms. The van der Waals surface area contributed by atoms with Gasteiger partial charge in [0.15, 0.2) is 6.04 Å². The van der Waals surface area contributed by atoms with Crippen molar-refractivity contribution in [3.05, 3.63) is 59.4 Å². The van der Waals surface area contributed by atoms with Crippen LogP contribution >= 0.6 is 0 Å². The molecule has 0 aromatic heterocycles. The molecule has 0 saturated heterocycles. The maximum Gasteiger partial charge on any atom is 0.413 e. The minimum atomic E-state index is -4.72. The molecule has 0 spiro atoms. The topological polar surface area (TPSA) is 66.6 Å². The molecule has 0 fully saturated rings. The van der Waals surface area contributed by atoms with Gasteiger partial charge in [0, 0.05) is 18.4 Å². The van der Waals surface area contributed by atoms with Gasteiger partial charge in [0.1, 0.15) is 0 Å². The number of carboxylic acid groups (broad SMARTS) is 1. The summed E-state index contributed by atoms with van der Waals surface area (Å²) in [6.07, 6.45) is -1.97. The molecule has 0 aliphatic carbocycles. The average Bonchev–Trinajstić information content (AvgIpc) is 2.45. The lowest BCUT2D eigenvalue weighted by Crippen LogP contribution is -2.49. The molecule has 1 aromatic carbocycles. The van der Waals surface area contributed by atoms with E-state index in [1.54, 1.807) is 24.3 Å². The second-order valence-electron chi connectivity index (χ2n) is 4.91. The molecular formula is C15H15F3N2O2. The molecule has 1 aliphatic rings. The number of nitrogens with two attached hydrogens (primary N) is 1. The van der Waals surface area contributed by atoms with Gasteiger partial charge in [-0.1, -0.05) is 30.3 Å². The predicted octanol–water partition coefficient (Wildman–Crippen LogP) is 2.29. The number of aliphatic carboxylic acids is 1. The lowest BCUT2D eigenvalue weighted by atomic mass is 9.99. The summed E-state index contributed by atoms with van der Waals surface area (Å²) in [6, 6.07) is 6.77. The fraction of sp³-hybridized carbons (Fsp3) is 0.267. The van der Waals surface area contributed by atoms with E-state index in [1.807, 2.05) is 6.07 Å². The van der Waals surface area contributed by atoms with Crippen LogP contribution in [0.5, 0.6) is 0 Å². The van der Waals surface area contributed by atoms with Gasteiger partial charge in [-0.15, -0.1) is 0 Å². The number of hydrogen-bond acceptors (Lipinski definition) is 3. The van der Waals surface area contributed by atoms with Crippen molar-refractivity contribution in [3.63, 3.8) is 0 Å².